The number of nitrogens with one attached hydrogen (secondary N) is 1. The standard InChI is InChI=1S/C11H16N4/c1-8(2)11-13-5-10(6-14-11)15-4-3-9(12)7-15/h5-6,8,12H,3-4,7H2,1-2H3. The molecule has 15 heavy (non-hydrogen) atoms. The van der Waals surface area contributed by atoms with E-state index in [1.165, 1.54) is 0 Å². The van der Waals surface area contributed by atoms with Crippen LogP contribution in [0.1, 0.15) is 32.0 Å². The van der Waals surface area contributed by atoms with Crippen molar-refractivity contribution in [1.29, 1.82) is 5.41 Å². The van der Waals surface area contributed by atoms with E-state index in [9.17, 15) is 0 Å². The highest BCUT2D eigenvalue weighted by Gasteiger charge is 2.17. The number of aromatic nitrogens is 2. The molecule has 2 rings (SSSR count). The second-order valence-corrected chi connectivity index (χ2v) is 4.23. The molecule has 1 aromatic heterocycles. The topological polar surface area (TPSA) is 52.9 Å². The maximum absolute atomic E-state index is 7.56. The van der Waals surface area contributed by atoms with Crippen LogP contribution in [0.15, 0.2) is 12.4 Å². The Morgan fingerprint density at radius 1 is 1.33 bits per heavy atom. The molecule has 1 aromatic rings. The Bertz CT molecular complexity index is 355. The summed E-state index contributed by atoms with van der Waals surface area (Å²) in [5.74, 6) is 1.25. The summed E-state index contributed by atoms with van der Waals surface area (Å²) in [6.45, 7) is 5.81. The van der Waals surface area contributed by atoms with E-state index in [0.29, 0.717) is 5.92 Å². The van der Waals surface area contributed by atoms with E-state index in [0.717, 1.165) is 36.7 Å². The maximum Gasteiger partial charge on any atom is 0.130 e. The first-order valence-corrected chi connectivity index (χ1v) is 5.30. The Hall–Kier alpha value is -1.45. The quantitative estimate of drug-likeness (QED) is 0.799. The van der Waals surface area contributed by atoms with Gasteiger partial charge in [0, 0.05) is 24.6 Å². The summed E-state index contributed by atoms with van der Waals surface area (Å²) in [6, 6.07) is 0. The van der Waals surface area contributed by atoms with Gasteiger partial charge in [0.2, 0.25) is 0 Å². The van der Waals surface area contributed by atoms with Crippen LogP contribution in [-0.4, -0.2) is 28.8 Å². The van der Waals surface area contributed by atoms with E-state index >= 15 is 0 Å². The first kappa shape index (κ1) is 10.1. The minimum Gasteiger partial charge on any atom is -0.363 e. The molecule has 0 aliphatic carbocycles. The Balaban J connectivity index is 2.13. The van der Waals surface area contributed by atoms with Crippen LogP contribution in [0.4, 0.5) is 5.69 Å². The van der Waals surface area contributed by atoms with E-state index in [1.807, 2.05) is 12.4 Å². The van der Waals surface area contributed by atoms with Gasteiger partial charge in [0.25, 0.3) is 0 Å². The molecule has 1 aliphatic rings. The predicted octanol–water partition coefficient (Wildman–Crippen LogP) is 1.83. The average molecular weight is 204 g/mol. The lowest BCUT2D eigenvalue weighted by molar-refractivity contribution is 0.770. The molecule has 0 spiro atoms. The van der Waals surface area contributed by atoms with Crippen LogP contribution < -0.4 is 4.90 Å². The molecule has 1 N–H and O–H groups in total. The van der Waals surface area contributed by atoms with Crippen LogP contribution in [0.3, 0.4) is 0 Å². The zero-order chi connectivity index (χ0) is 10.8. The Morgan fingerprint density at radius 3 is 2.47 bits per heavy atom. The third-order valence-corrected chi connectivity index (χ3v) is 2.60. The van der Waals surface area contributed by atoms with Gasteiger partial charge in [-0.25, -0.2) is 9.97 Å². The molecule has 0 atom stereocenters. The van der Waals surface area contributed by atoms with Gasteiger partial charge in [-0.2, -0.15) is 0 Å². The summed E-state index contributed by atoms with van der Waals surface area (Å²) >= 11 is 0. The first-order valence-electron chi connectivity index (χ1n) is 5.30. The molecule has 1 fully saturated rings. The highest BCUT2D eigenvalue weighted by atomic mass is 15.2. The van der Waals surface area contributed by atoms with Gasteiger partial charge in [-0.05, 0) is 0 Å². The SMILES string of the molecule is CC(C)c1ncc(N2CCC(=N)C2)cn1. The lowest BCUT2D eigenvalue weighted by Crippen LogP contribution is -2.20. The summed E-state index contributed by atoms with van der Waals surface area (Å²) in [4.78, 5) is 10.8. The molecule has 2 heterocycles. The van der Waals surface area contributed by atoms with E-state index in [2.05, 4.69) is 28.7 Å². The van der Waals surface area contributed by atoms with Crippen LogP contribution in [0.25, 0.3) is 0 Å². The highest BCUT2D eigenvalue weighted by Crippen LogP contribution is 2.17. The number of anilines is 1. The third kappa shape index (κ3) is 2.14. The zero-order valence-electron chi connectivity index (χ0n) is 9.20. The van der Waals surface area contributed by atoms with Gasteiger partial charge in [0.1, 0.15) is 5.82 Å². The minimum atomic E-state index is 0.371. The van der Waals surface area contributed by atoms with Gasteiger partial charge in [-0.1, -0.05) is 13.8 Å². The number of nitrogens with zero attached hydrogens (tertiary/aromatic N) is 3. The van der Waals surface area contributed by atoms with Crippen LogP contribution in [0.5, 0.6) is 0 Å². The predicted molar refractivity (Wildman–Crippen MR) is 60.7 cm³/mol. The largest absolute Gasteiger partial charge is 0.363 e. The summed E-state index contributed by atoms with van der Waals surface area (Å²) in [7, 11) is 0. The van der Waals surface area contributed by atoms with Gasteiger partial charge < -0.3 is 10.3 Å². The average Bonchev–Trinajstić information content (AvgIpc) is 2.65. The van der Waals surface area contributed by atoms with Crippen LogP contribution >= 0.6 is 0 Å². The number of rotatable bonds is 2. The van der Waals surface area contributed by atoms with Gasteiger partial charge in [-0.3, -0.25) is 0 Å². The highest BCUT2D eigenvalue weighted by molar-refractivity contribution is 5.89. The number of hydrogen-bond acceptors (Lipinski definition) is 4. The van der Waals surface area contributed by atoms with Crippen molar-refractivity contribution in [3.63, 3.8) is 0 Å². The fraction of sp³-hybridized carbons (Fsp3) is 0.545. The molecule has 1 aliphatic heterocycles. The van der Waals surface area contributed by atoms with Gasteiger partial charge in [0.05, 0.1) is 24.6 Å². The monoisotopic (exact) mass is 204 g/mol. The molecule has 4 heteroatoms. The minimum absolute atomic E-state index is 0.371. The molecule has 0 aromatic carbocycles. The lowest BCUT2D eigenvalue weighted by atomic mass is 10.2. The fourth-order valence-electron chi connectivity index (χ4n) is 1.67. The molecule has 4 nitrogen and oxygen atoms in total. The molecule has 0 amide bonds. The van der Waals surface area contributed by atoms with Crippen molar-refractivity contribution >= 4 is 11.4 Å². The summed E-state index contributed by atoms with van der Waals surface area (Å²) in [6.07, 6.45) is 4.59. The van der Waals surface area contributed by atoms with Crippen molar-refractivity contribution in [1.82, 2.24) is 9.97 Å². The molecule has 0 radical (unpaired) electrons. The summed E-state index contributed by atoms with van der Waals surface area (Å²) < 4.78 is 0. The lowest BCUT2D eigenvalue weighted by Gasteiger charge is -2.16. The summed E-state index contributed by atoms with van der Waals surface area (Å²) in [5.41, 5.74) is 1.82. The zero-order valence-corrected chi connectivity index (χ0v) is 9.20. The maximum atomic E-state index is 7.56. The Kier molecular flexibility index (Phi) is 2.66. The Labute approximate surface area is 89.9 Å². The fourth-order valence-corrected chi connectivity index (χ4v) is 1.67. The molecule has 0 bridgehead atoms. The van der Waals surface area contributed by atoms with Crippen molar-refractivity contribution in [3.05, 3.63) is 18.2 Å². The molecular formula is C11H16N4. The van der Waals surface area contributed by atoms with Crippen molar-refractivity contribution in [2.75, 3.05) is 18.0 Å². The van der Waals surface area contributed by atoms with E-state index in [-0.39, 0.29) is 0 Å². The van der Waals surface area contributed by atoms with E-state index in [4.69, 9.17) is 5.41 Å². The number of hydrogen-bond donors (Lipinski definition) is 1. The molecule has 0 unspecified atom stereocenters. The van der Waals surface area contributed by atoms with Crippen molar-refractivity contribution in [3.8, 4) is 0 Å². The van der Waals surface area contributed by atoms with Crippen molar-refractivity contribution in [2.24, 2.45) is 0 Å². The third-order valence-electron chi connectivity index (χ3n) is 2.60. The molecule has 0 saturated carbocycles. The Morgan fingerprint density at radius 2 is 2.00 bits per heavy atom. The summed E-state index contributed by atoms with van der Waals surface area (Å²) in [5, 5.41) is 7.56. The van der Waals surface area contributed by atoms with Crippen molar-refractivity contribution in [2.45, 2.75) is 26.2 Å². The molecule has 80 valence electrons. The van der Waals surface area contributed by atoms with Crippen LogP contribution in [-0.2, 0) is 0 Å². The van der Waals surface area contributed by atoms with Crippen LogP contribution in [0, 0.1) is 5.41 Å². The van der Waals surface area contributed by atoms with Gasteiger partial charge in [-0.15, -0.1) is 0 Å². The molecule has 1 saturated heterocycles. The van der Waals surface area contributed by atoms with Crippen LogP contribution in [0.2, 0.25) is 0 Å². The normalized spacial score (nSPS) is 16.5. The van der Waals surface area contributed by atoms with E-state index < -0.39 is 0 Å². The second kappa shape index (κ2) is 3.96. The second-order valence-electron chi connectivity index (χ2n) is 4.23. The van der Waals surface area contributed by atoms with Gasteiger partial charge in [0.15, 0.2) is 0 Å². The molecular weight excluding hydrogens is 188 g/mol. The van der Waals surface area contributed by atoms with Crippen molar-refractivity contribution < 1.29 is 0 Å². The first-order chi connectivity index (χ1) is 7.16. The van der Waals surface area contributed by atoms with Gasteiger partial charge >= 0.3 is 0 Å². The smallest absolute Gasteiger partial charge is 0.130 e. The van der Waals surface area contributed by atoms with E-state index in [1.54, 1.807) is 0 Å².